The van der Waals surface area contributed by atoms with Crippen LogP contribution in [0, 0.1) is 6.92 Å². The average molecular weight is 463 g/mol. The molecule has 0 aliphatic rings. The number of nitrogens with zero attached hydrogens (tertiary/aromatic N) is 3. The van der Waals surface area contributed by atoms with Crippen LogP contribution in [-0.2, 0) is 12.5 Å². The van der Waals surface area contributed by atoms with Gasteiger partial charge in [0.2, 0.25) is 0 Å². The fourth-order valence-electron chi connectivity index (χ4n) is 4.94. The maximum Gasteiger partial charge on any atom is 0.297 e. The first kappa shape index (κ1) is 21.1. The van der Waals surface area contributed by atoms with E-state index in [9.17, 15) is 0 Å². The Kier molecular flexibility index (Phi) is 4.65. The summed E-state index contributed by atoms with van der Waals surface area (Å²) in [5, 5.41) is 3.65. The van der Waals surface area contributed by atoms with Crippen molar-refractivity contribution < 1.29 is 4.57 Å². The highest BCUT2D eigenvalue weighted by Crippen LogP contribution is 2.39. The lowest BCUT2D eigenvalue weighted by atomic mass is 9.98. The molecule has 0 N–H and O–H groups in total. The van der Waals surface area contributed by atoms with Gasteiger partial charge >= 0.3 is 0 Å². The zero-order valence-electron chi connectivity index (χ0n) is 20.3. The van der Waals surface area contributed by atoms with Crippen LogP contribution >= 0.6 is 11.3 Å². The Balaban J connectivity index is 1.79. The molecule has 0 amide bonds. The summed E-state index contributed by atoms with van der Waals surface area (Å²) in [6.45, 7) is 8.93. The van der Waals surface area contributed by atoms with Crippen molar-refractivity contribution >= 4 is 43.4 Å². The Bertz CT molecular complexity index is 1710. The van der Waals surface area contributed by atoms with E-state index in [4.69, 9.17) is 4.98 Å². The minimum atomic E-state index is 0.0133. The number of aromatic nitrogens is 3. The molecule has 3 nitrogen and oxygen atoms in total. The third kappa shape index (κ3) is 3.09. The maximum absolute atomic E-state index is 5.22. The van der Waals surface area contributed by atoms with E-state index in [1.165, 1.54) is 48.3 Å². The number of benzene rings is 4. The molecule has 4 aromatic carbocycles. The lowest BCUT2D eigenvalue weighted by molar-refractivity contribution is -0.633. The quantitative estimate of drug-likeness (QED) is 0.244. The second kappa shape index (κ2) is 7.51. The largest absolute Gasteiger partial charge is 0.297 e. The number of imidazole rings is 1. The van der Waals surface area contributed by atoms with Crippen LogP contribution < -0.4 is 4.57 Å². The van der Waals surface area contributed by atoms with Crippen molar-refractivity contribution in [3.63, 3.8) is 0 Å². The molecule has 0 spiro atoms. The van der Waals surface area contributed by atoms with E-state index in [0.29, 0.717) is 0 Å². The summed E-state index contributed by atoms with van der Waals surface area (Å²) in [7, 11) is 2.18. The van der Waals surface area contributed by atoms with E-state index in [0.717, 1.165) is 11.3 Å². The highest BCUT2D eigenvalue weighted by Gasteiger charge is 2.31. The number of hydrogen-bond acceptors (Lipinski definition) is 2. The molecule has 4 heteroatoms. The smallest absolute Gasteiger partial charge is 0.240 e. The van der Waals surface area contributed by atoms with Crippen LogP contribution in [0.1, 0.15) is 31.3 Å². The number of rotatable bonds is 2. The summed E-state index contributed by atoms with van der Waals surface area (Å²) in [5.41, 5.74) is 7.13. The molecular weight excluding hydrogens is 434 g/mol. The third-order valence-corrected chi connectivity index (χ3v) is 8.10. The van der Waals surface area contributed by atoms with Crippen molar-refractivity contribution in [2.24, 2.45) is 7.05 Å². The summed E-state index contributed by atoms with van der Waals surface area (Å²) in [6.07, 6.45) is 0. The normalized spacial score (nSPS) is 12.3. The van der Waals surface area contributed by atoms with Crippen molar-refractivity contribution in [1.29, 1.82) is 0 Å². The van der Waals surface area contributed by atoms with Gasteiger partial charge in [0.1, 0.15) is 5.69 Å². The first-order valence-electron chi connectivity index (χ1n) is 11.7. The molecule has 34 heavy (non-hydrogen) atoms. The first-order chi connectivity index (χ1) is 16.3. The number of aryl methyl sites for hydroxylation is 2. The summed E-state index contributed by atoms with van der Waals surface area (Å²) in [6, 6.07) is 28.4. The van der Waals surface area contributed by atoms with Gasteiger partial charge in [-0.1, -0.05) is 75.4 Å². The fraction of sp³-hybridized carbons (Fsp3) is 0.200. The van der Waals surface area contributed by atoms with Crippen LogP contribution in [0.15, 0.2) is 78.9 Å². The van der Waals surface area contributed by atoms with E-state index in [-0.39, 0.29) is 5.41 Å². The van der Waals surface area contributed by atoms with Gasteiger partial charge in [0.05, 0.1) is 27.8 Å². The minimum absolute atomic E-state index is 0.0133. The van der Waals surface area contributed by atoms with Gasteiger partial charge in [-0.3, -0.25) is 0 Å². The molecule has 6 rings (SSSR count). The fourth-order valence-corrected chi connectivity index (χ4v) is 5.97. The zero-order valence-corrected chi connectivity index (χ0v) is 21.1. The molecule has 2 heterocycles. The van der Waals surface area contributed by atoms with Crippen LogP contribution in [0.2, 0.25) is 0 Å². The molecule has 168 valence electrons. The van der Waals surface area contributed by atoms with Gasteiger partial charge < -0.3 is 0 Å². The number of thiazole rings is 1. The Morgan fingerprint density at radius 1 is 0.853 bits per heavy atom. The van der Waals surface area contributed by atoms with Crippen LogP contribution in [0.25, 0.3) is 49.1 Å². The van der Waals surface area contributed by atoms with Crippen molar-refractivity contribution in [3.8, 4) is 17.1 Å². The number of hydrogen-bond donors (Lipinski definition) is 0. The van der Waals surface area contributed by atoms with Crippen LogP contribution in [0.5, 0.6) is 0 Å². The van der Waals surface area contributed by atoms with Crippen molar-refractivity contribution in [1.82, 2.24) is 9.55 Å². The van der Waals surface area contributed by atoms with Crippen LogP contribution in [0.3, 0.4) is 0 Å². The molecule has 0 aliphatic heterocycles. The monoisotopic (exact) mass is 462 g/mol. The van der Waals surface area contributed by atoms with E-state index in [1.807, 2.05) is 11.3 Å². The molecule has 0 radical (unpaired) electrons. The average Bonchev–Trinajstić information content (AvgIpc) is 3.39. The molecule has 0 saturated heterocycles. The van der Waals surface area contributed by atoms with Gasteiger partial charge in [-0.05, 0) is 42.1 Å². The minimum Gasteiger partial charge on any atom is -0.240 e. The summed E-state index contributed by atoms with van der Waals surface area (Å²) >= 11 is 1.81. The Hall–Kier alpha value is -3.50. The van der Waals surface area contributed by atoms with Gasteiger partial charge in [0.25, 0.3) is 5.82 Å². The molecular formula is C30H28N3S+. The van der Waals surface area contributed by atoms with Crippen LogP contribution in [-0.4, -0.2) is 9.55 Å². The Morgan fingerprint density at radius 3 is 2.41 bits per heavy atom. The van der Waals surface area contributed by atoms with Crippen molar-refractivity contribution in [2.45, 2.75) is 33.1 Å². The Morgan fingerprint density at radius 2 is 1.59 bits per heavy atom. The molecule has 2 aromatic heterocycles. The van der Waals surface area contributed by atoms with E-state index >= 15 is 0 Å². The molecule has 0 saturated carbocycles. The molecule has 6 aromatic rings. The van der Waals surface area contributed by atoms with Crippen molar-refractivity contribution in [3.05, 3.63) is 89.4 Å². The topological polar surface area (TPSA) is 21.7 Å². The van der Waals surface area contributed by atoms with E-state index < -0.39 is 0 Å². The number of para-hydroxylation sites is 2. The predicted molar refractivity (Wildman–Crippen MR) is 144 cm³/mol. The molecule has 0 fully saturated rings. The van der Waals surface area contributed by atoms with Gasteiger partial charge in [0, 0.05) is 10.8 Å². The zero-order chi connectivity index (χ0) is 23.6. The maximum atomic E-state index is 5.22. The standard InChI is InChI=1S/C30H28N3S/c1-19-17-18-25-27(31-29(34-25)30(2,3)4)26(19)28-32(5)23-14-8-9-15-24(23)33(28)22-16-10-12-20-11-6-7-13-21(20)22/h6-18H,1-5H3/q+1. The van der Waals surface area contributed by atoms with Gasteiger partial charge in [-0.15, -0.1) is 11.3 Å². The van der Waals surface area contributed by atoms with Crippen molar-refractivity contribution in [2.75, 3.05) is 0 Å². The van der Waals surface area contributed by atoms with E-state index in [2.05, 4.69) is 123 Å². The second-order valence-corrected chi connectivity index (χ2v) is 11.1. The lowest BCUT2D eigenvalue weighted by Crippen LogP contribution is -2.30. The van der Waals surface area contributed by atoms with Gasteiger partial charge in [-0.25, -0.2) is 9.55 Å². The molecule has 0 unspecified atom stereocenters. The van der Waals surface area contributed by atoms with Gasteiger partial charge in [-0.2, -0.15) is 4.57 Å². The summed E-state index contributed by atoms with van der Waals surface area (Å²) < 4.78 is 5.99. The lowest BCUT2D eigenvalue weighted by Gasteiger charge is -2.13. The predicted octanol–water partition coefficient (Wildman–Crippen LogP) is 7.49. The Labute approximate surface area is 203 Å². The molecule has 0 aliphatic carbocycles. The summed E-state index contributed by atoms with van der Waals surface area (Å²) in [5.74, 6) is 1.16. The highest BCUT2D eigenvalue weighted by molar-refractivity contribution is 7.18. The molecule has 0 atom stereocenters. The summed E-state index contributed by atoms with van der Waals surface area (Å²) in [4.78, 5) is 5.22. The van der Waals surface area contributed by atoms with E-state index in [1.54, 1.807) is 0 Å². The molecule has 0 bridgehead atoms. The van der Waals surface area contributed by atoms with Crippen LogP contribution in [0.4, 0.5) is 0 Å². The highest BCUT2D eigenvalue weighted by atomic mass is 32.1. The first-order valence-corrected chi connectivity index (χ1v) is 12.5. The second-order valence-electron chi connectivity index (χ2n) is 10.1. The van der Waals surface area contributed by atoms with Gasteiger partial charge in [0.15, 0.2) is 11.0 Å². The SMILES string of the molecule is Cc1ccc2sc(C(C)(C)C)nc2c1-c1n(-c2cccc3ccccc23)c2ccccc2[n+]1C. The third-order valence-electron chi connectivity index (χ3n) is 6.66. The number of fused-ring (bicyclic) bond motifs is 3.